The number of benzene rings is 2. The lowest BCUT2D eigenvalue weighted by Gasteiger charge is -2.20. The maximum Gasteiger partial charge on any atom is 0.319 e. The molecular formula is C25H28ClF2N7OS. The Morgan fingerprint density at radius 2 is 2.05 bits per heavy atom. The highest BCUT2D eigenvalue weighted by Crippen LogP contribution is 2.42. The van der Waals surface area contributed by atoms with Crippen molar-refractivity contribution in [1.82, 2.24) is 24.8 Å². The van der Waals surface area contributed by atoms with Gasteiger partial charge in [0.1, 0.15) is 23.8 Å². The Balaban J connectivity index is 1.62. The summed E-state index contributed by atoms with van der Waals surface area (Å²) in [6, 6.07) is 4.66. The van der Waals surface area contributed by atoms with Crippen LogP contribution in [-0.2, 0) is 0 Å². The number of nitrogens with zero attached hydrogens (tertiary/aromatic N) is 5. The number of halogens is 3. The zero-order chi connectivity index (χ0) is 26.3. The van der Waals surface area contributed by atoms with Crippen LogP contribution in [-0.4, -0.2) is 78.2 Å². The van der Waals surface area contributed by atoms with E-state index in [0.29, 0.717) is 29.9 Å². The Hall–Kier alpha value is -2.86. The molecule has 4 aromatic rings. The molecule has 3 heterocycles. The van der Waals surface area contributed by atoms with Gasteiger partial charge in [0, 0.05) is 35.6 Å². The molecule has 2 aromatic carbocycles. The third-order valence-electron chi connectivity index (χ3n) is 6.57. The fourth-order valence-electron chi connectivity index (χ4n) is 4.57. The van der Waals surface area contributed by atoms with E-state index in [1.165, 1.54) is 12.1 Å². The Morgan fingerprint density at radius 1 is 1.24 bits per heavy atom. The molecule has 37 heavy (non-hydrogen) atoms. The highest BCUT2D eigenvalue weighted by molar-refractivity contribution is 7.22. The van der Waals surface area contributed by atoms with Gasteiger partial charge in [0.2, 0.25) is 0 Å². The number of ether oxygens (including phenoxy) is 1. The number of fused-ring (bicyclic) bond motifs is 2. The van der Waals surface area contributed by atoms with E-state index in [1.807, 2.05) is 19.0 Å². The molecule has 0 bridgehead atoms. The smallest absolute Gasteiger partial charge is 0.319 e. The number of hydrogen-bond donors (Lipinski definition) is 2. The number of thiazole rings is 1. The van der Waals surface area contributed by atoms with Crippen molar-refractivity contribution in [1.29, 1.82) is 0 Å². The molecule has 1 fully saturated rings. The van der Waals surface area contributed by atoms with E-state index in [0.717, 1.165) is 37.3 Å². The summed E-state index contributed by atoms with van der Waals surface area (Å²) in [5.74, 6) is -0.716. The first kappa shape index (κ1) is 25.8. The summed E-state index contributed by atoms with van der Waals surface area (Å²) in [5.41, 5.74) is 6.55. The molecule has 0 radical (unpaired) electrons. The van der Waals surface area contributed by atoms with Crippen molar-refractivity contribution in [3.63, 3.8) is 0 Å². The average molecular weight is 548 g/mol. The van der Waals surface area contributed by atoms with Gasteiger partial charge >= 0.3 is 6.01 Å². The number of nitrogen functional groups attached to an aromatic ring is 1. The van der Waals surface area contributed by atoms with E-state index in [1.54, 1.807) is 6.07 Å². The molecule has 1 saturated heterocycles. The minimum Gasteiger partial charge on any atom is -0.462 e. The minimum atomic E-state index is -0.664. The molecular weight excluding hydrogens is 520 g/mol. The summed E-state index contributed by atoms with van der Waals surface area (Å²) in [6.45, 7) is 2.72. The van der Waals surface area contributed by atoms with Gasteiger partial charge in [0.05, 0.1) is 15.2 Å². The maximum absolute atomic E-state index is 16.2. The average Bonchev–Trinajstić information content (AvgIpc) is 3.44. The summed E-state index contributed by atoms with van der Waals surface area (Å²) in [7, 11) is 5.98. The summed E-state index contributed by atoms with van der Waals surface area (Å²) in [4.78, 5) is 17.5. The fourth-order valence-corrected chi connectivity index (χ4v) is 5.63. The van der Waals surface area contributed by atoms with Crippen molar-refractivity contribution >= 4 is 55.0 Å². The van der Waals surface area contributed by atoms with Gasteiger partial charge in [-0.2, -0.15) is 9.97 Å². The first-order valence-electron chi connectivity index (χ1n) is 12.0. The van der Waals surface area contributed by atoms with Crippen molar-refractivity contribution in [2.75, 3.05) is 58.4 Å². The number of likely N-dealkylation sites (tertiary alicyclic amines) is 1. The van der Waals surface area contributed by atoms with Crippen LogP contribution in [0.1, 0.15) is 12.8 Å². The number of anilines is 2. The number of hydrogen-bond acceptors (Lipinski definition) is 9. The second kappa shape index (κ2) is 10.5. The molecule has 0 saturated carbocycles. The number of rotatable bonds is 8. The molecule has 12 heteroatoms. The predicted molar refractivity (Wildman–Crippen MR) is 146 cm³/mol. The van der Waals surface area contributed by atoms with Gasteiger partial charge in [0.25, 0.3) is 0 Å². The van der Waals surface area contributed by atoms with Crippen molar-refractivity contribution in [2.24, 2.45) is 0 Å². The Bertz CT molecular complexity index is 1460. The largest absolute Gasteiger partial charge is 0.462 e. The SMILES string of the molecule is CN(C)CCNc1nc(OC[C@@H]2CCCN2C)nc2c(F)c(-c3ccc(F)c4sc(N)nc34)c(Cl)cc12. The number of aromatic nitrogens is 3. The van der Waals surface area contributed by atoms with E-state index in [-0.39, 0.29) is 43.5 Å². The van der Waals surface area contributed by atoms with Crippen molar-refractivity contribution in [2.45, 2.75) is 18.9 Å². The Morgan fingerprint density at radius 3 is 2.78 bits per heavy atom. The van der Waals surface area contributed by atoms with Crippen molar-refractivity contribution in [3.8, 4) is 17.1 Å². The lowest BCUT2D eigenvalue weighted by atomic mass is 10.0. The van der Waals surface area contributed by atoms with Crippen LogP contribution in [0.5, 0.6) is 6.01 Å². The number of nitrogens with one attached hydrogen (secondary N) is 1. The Labute approximate surface area is 222 Å². The van der Waals surface area contributed by atoms with Crippen LogP contribution in [0.15, 0.2) is 18.2 Å². The molecule has 1 aliphatic rings. The molecule has 0 spiro atoms. The van der Waals surface area contributed by atoms with Crippen LogP contribution in [0, 0.1) is 11.6 Å². The zero-order valence-electron chi connectivity index (χ0n) is 20.8. The second-order valence-electron chi connectivity index (χ2n) is 9.44. The lowest BCUT2D eigenvalue weighted by Crippen LogP contribution is -2.31. The molecule has 8 nitrogen and oxygen atoms in total. The third-order valence-corrected chi connectivity index (χ3v) is 7.76. The Kier molecular flexibility index (Phi) is 7.30. The van der Waals surface area contributed by atoms with Crippen molar-refractivity contribution < 1.29 is 13.5 Å². The summed E-state index contributed by atoms with van der Waals surface area (Å²) < 4.78 is 36.9. The molecule has 196 valence electrons. The van der Waals surface area contributed by atoms with E-state index in [2.05, 4.69) is 32.2 Å². The van der Waals surface area contributed by atoms with E-state index < -0.39 is 11.6 Å². The summed E-state index contributed by atoms with van der Waals surface area (Å²) >= 11 is 7.63. The van der Waals surface area contributed by atoms with Gasteiger partial charge in [-0.3, -0.25) is 0 Å². The van der Waals surface area contributed by atoms with Gasteiger partial charge in [-0.1, -0.05) is 22.9 Å². The molecule has 0 amide bonds. The monoisotopic (exact) mass is 547 g/mol. The molecule has 0 aliphatic carbocycles. The van der Waals surface area contributed by atoms with E-state index >= 15 is 4.39 Å². The second-order valence-corrected chi connectivity index (χ2v) is 10.9. The summed E-state index contributed by atoms with van der Waals surface area (Å²) in [6.07, 6.45) is 2.12. The van der Waals surface area contributed by atoms with Crippen LogP contribution in [0.3, 0.4) is 0 Å². The quantitative estimate of drug-likeness (QED) is 0.323. The molecule has 1 aliphatic heterocycles. The molecule has 0 unspecified atom stereocenters. The maximum atomic E-state index is 16.2. The van der Waals surface area contributed by atoms with Gasteiger partial charge in [-0.05, 0) is 58.7 Å². The van der Waals surface area contributed by atoms with Gasteiger partial charge < -0.3 is 25.6 Å². The van der Waals surface area contributed by atoms with E-state index in [9.17, 15) is 4.39 Å². The topological polar surface area (TPSA) is 92.4 Å². The van der Waals surface area contributed by atoms with Crippen LogP contribution >= 0.6 is 22.9 Å². The normalized spacial score (nSPS) is 16.4. The first-order valence-corrected chi connectivity index (χ1v) is 13.2. The molecule has 3 N–H and O–H groups in total. The predicted octanol–water partition coefficient (Wildman–Crippen LogP) is 4.87. The van der Waals surface area contributed by atoms with Crippen LogP contribution in [0.2, 0.25) is 5.02 Å². The fraction of sp³-hybridized carbons (Fsp3) is 0.400. The van der Waals surface area contributed by atoms with Gasteiger partial charge in [-0.15, -0.1) is 0 Å². The van der Waals surface area contributed by atoms with E-state index in [4.69, 9.17) is 22.1 Å². The molecule has 5 rings (SSSR count). The minimum absolute atomic E-state index is 0.0530. The van der Waals surface area contributed by atoms with Gasteiger partial charge in [-0.25, -0.2) is 13.8 Å². The van der Waals surface area contributed by atoms with Crippen LogP contribution in [0.25, 0.3) is 32.2 Å². The third kappa shape index (κ3) is 5.13. The summed E-state index contributed by atoms with van der Waals surface area (Å²) in [5, 5.41) is 4.00. The standard InChI is InChI=1S/C25H28ClF2N7OS/c1-34(2)10-8-30-23-15-11-16(26)18(14-6-7-17(27)22-21(14)31-24(29)37-22)19(28)20(15)32-25(33-23)36-12-13-5-4-9-35(13)3/h6-7,11,13H,4-5,8-10,12H2,1-3H3,(H2,29,31)(H,30,32,33)/t13-/m0/s1. The number of likely N-dealkylation sites (N-methyl/N-ethyl adjacent to an activating group) is 2. The van der Waals surface area contributed by atoms with Crippen LogP contribution in [0.4, 0.5) is 19.7 Å². The highest BCUT2D eigenvalue weighted by atomic mass is 35.5. The molecule has 2 aromatic heterocycles. The number of nitrogens with two attached hydrogens (primary N) is 1. The van der Waals surface area contributed by atoms with Crippen molar-refractivity contribution in [3.05, 3.63) is 34.9 Å². The lowest BCUT2D eigenvalue weighted by molar-refractivity contribution is 0.188. The highest BCUT2D eigenvalue weighted by Gasteiger charge is 2.25. The zero-order valence-corrected chi connectivity index (χ0v) is 22.4. The first-order chi connectivity index (χ1) is 17.7. The molecule has 1 atom stereocenters. The van der Waals surface area contributed by atoms with Crippen LogP contribution < -0.4 is 15.8 Å². The van der Waals surface area contributed by atoms with Gasteiger partial charge in [0.15, 0.2) is 10.9 Å².